The monoisotopic (exact) mass is 567 g/mol. The van der Waals surface area contributed by atoms with Crippen molar-refractivity contribution in [3.05, 3.63) is 95.8 Å². The average Bonchev–Trinajstić information content (AvgIpc) is 2.95. The summed E-state index contributed by atoms with van der Waals surface area (Å²) < 4.78 is 42.2. The first-order chi connectivity index (χ1) is 19.1. The van der Waals surface area contributed by atoms with Crippen LogP contribution in [0.3, 0.4) is 0 Å². The second-order valence-corrected chi connectivity index (χ2v) is 11.7. The zero-order valence-electron chi connectivity index (χ0n) is 23.5. The van der Waals surface area contributed by atoms with Gasteiger partial charge >= 0.3 is 0 Å². The molecular formula is C31H38FN3O4S. The van der Waals surface area contributed by atoms with E-state index in [1.807, 2.05) is 58.0 Å². The molecule has 0 heterocycles. The Balaban J connectivity index is 2.00. The first kappa shape index (κ1) is 30.8. The Morgan fingerprint density at radius 1 is 0.900 bits per heavy atom. The number of nitrogens with zero attached hydrogens (tertiary/aromatic N) is 2. The summed E-state index contributed by atoms with van der Waals surface area (Å²) in [6.07, 6.45) is 1.59. The van der Waals surface area contributed by atoms with E-state index in [2.05, 4.69) is 5.32 Å². The minimum Gasteiger partial charge on any atom is -0.352 e. The van der Waals surface area contributed by atoms with Crippen LogP contribution in [0, 0.1) is 12.7 Å². The summed E-state index contributed by atoms with van der Waals surface area (Å²) in [5.74, 6) is -1.35. The summed E-state index contributed by atoms with van der Waals surface area (Å²) >= 11 is 0. The van der Waals surface area contributed by atoms with Crippen LogP contribution in [-0.2, 0) is 26.0 Å². The van der Waals surface area contributed by atoms with Crippen molar-refractivity contribution in [1.82, 2.24) is 10.2 Å². The quantitative estimate of drug-likeness (QED) is 0.312. The van der Waals surface area contributed by atoms with Crippen LogP contribution in [0.15, 0.2) is 83.8 Å². The van der Waals surface area contributed by atoms with Gasteiger partial charge in [-0.05, 0) is 75.1 Å². The molecule has 0 aliphatic carbocycles. The maximum atomic E-state index is 14.0. The van der Waals surface area contributed by atoms with Gasteiger partial charge in [-0.2, -0.15) is 0 Å². The molecule has 214 valence electrons. The summed E-state index contributed by atoms with van der Waals surface area (Å²) in [6, 6.07) is 20.0. The number of carbonyl (C=O) groups excluding carboxylic acids is 2. The Labute approximate surface area is 237 Å². The van der Waals surface area contributed by atoms with Crippen molar-refractivity contribution < 1.29 is 22.4 Å². The fourth-order valence-corrected chi connectivity index (χ4v) is 5.72. The molecule has 0 saturated carbocycles. The van der Waals surface area contributed by atoms with E-state index in [-0.39, 0.29) is 23.4 Å². The lowest BCUT2D eigenvalue weighted by Gasteiger charge is -2.33. The molecule has 0 aliphatic heterocycles. The highest BCUT2D eigenvalue weighted by Gasteiger charge is 2.33. The zero-order chi connectivity index (χ0) is 29.3. The van der Waals surface area contributed by atoms with Crippen LogP contribution in [0.4, 0.5) is 10.1 Å². The molecule has 0 spiro atoms. The molecule has 0 radical (unpaired) electrons. The van der Waals surface area contributed by atoms with Crippen LogP contribution < -0.4 is 9.62 Å². The van der Waals surface area contributed by atoms with E-state index in [0.717, 1.165) is 34.0 Å². The molecule has 9 heteroatoms. The van der Waals surface area contributed by atoms with Gasteiger partial charge in [0.1, 0.15) is 18.4 Å². The highest BCUT2D eigenvalue weighted by molar-refractivity contribution is 7.92. The summed E-state index contributed by atoms with van der Waals surface area (Å²) in [6.45, 7) is 7.27. The lowest BCUT2D eigenvalue weighted by atomic mass is 10.1. The van der Waals surface area contributed by atoms with E-state index in [9.17, 15) is 22.4 Å². The van der Waals surface area contributed by atoms with Crippen LogP contribution in [-0.4, -0.2) is 50.3 Å². The standard InChI is InChI=1S/C31H38FN3O4S/c1-5-24(4)33-31(37)29(6-2)34(21-20-25-10-8-7-9-11-25)30(36)22-35(27-16-12-23(3)13-17-27)40(38,39)28-18-14-26(32)15-19-28/h7-19,24,29H,5-6,20-22H2,1-4H3,(H,33,37)/t24-,29+/m1/s1. The van der Waals surface area contributed by atoms with Gasteiger partial charge in [0.15, 0.2) is 0 Å². The topological polar surface area (TPSA) is 86.8 Å². The van der Waals surface area contributed by atoms with Crippen molar-refractivity contribution in [1.29, 1.82) is 0 Å². The average molecular weight is 568 g/mol. The number of rotatable bonds is 13. The Morgan fingerprint density at radius 3 is 2.10 bits per heavy atom. The number of sulfonamides is 1. The van der Waals surface area contributed by atoms with Gasteiger partial charge in [0.25, 0.3) is 10.0 Å². The van der Waals surface area contributed by atoms with Gasteiger partial charge in [0, 0.05) is 12.6 Å². The van der Waals surface area contributed by atoms with Crippen molar-refractivity contribution in [3.8, 4) is 0 Å². The number of benzene rings is 3. The summed E-state index contributed by atoms with van der Waals surface area (Å²) in [5, 5.41) is 2.97. The Morgan fingerprint density at radius 2 is 1.52 bits per heavy atom. The summed E-state index contributed by atoms with van der Waals surface area (Å²) in [4.78, 5) is 28.6. The molecular weight excluding hydrogens is 529 g/mol. The molecule has 7 nitrogen and oxygen atoms in total. The maximum Gasteiger partial charge on any atom is 0.264 e. The first-order valence-corrected chi connectivity index (χ1v) is 15.0. The van der Waals surface area contributed by atoms with Gasteiger partial charge in [0.05, 0.1) is 10.6 Å². The van der Waals surface area contributed by atoms with E-state index in [4.69, 9.17) is 0 Å². The third-order valence-corrected chi connectivity index (χ3v) is 8.66. The van der Waals surface area contributed by atoms with Crippen molar-refractivity contribution >= 4 is 27.5 Å². The number of aryl methyl sites for hydroxylation is 1. The molecule has 0 unspecified atom stereocenters. The predicted molar refractivity (Wildman–Crippen MR) is 156 cm³/mol. The maximum absolute atomic E-state index is 14.0. The molecule has 3 rings (SSSR count). The van der Waals surface area contributed by atoms with Gasteiger partial charge in [0.2, 0.25) is 11.8 Å². The van der Waals surface area contributed by atoms with Gasteiger partial charge in [-0.15, -0.1) is 0 Å². The van der Waals surface area contributed by atoms with Crippen molar-refractivity contribution in [2.75, 3.05) is 17.4 Å². The van der Waals surface area contributed by atoms with Crippen molar-refractivity contribution in [3.63, 3.8) is 0 Å². The van der Waals surface area contributed by atoms with Crippen LogP contribution in [0.2, 0.25) is 0 Å². The van der Waals surface area contributed by atoms with E-state index in [1.165, 1.54) is 17.0 Å². The number of carbonyl (C=O) groups is 2. The SMILES string of the molecule is CC[C@@H](C)NC(=O)[C@H](CC)N(CCc1ccccc1)C(=O)CN(c1ccc(C)cc1)S(=O)(=O)c1ccc(F)cc1. The van der Waals surface area contributed by atoms with E-state index in [1.54, 1.807) is 24.3 Å². The molecule has 3 aromatic rings. The van der Waals surface area contributed by atoms with Crippen molar-refractivity contribution in [2.45, 2.75) is 63.9 Å². The minimum atomic E-state index is -4.24. The van der Waals surface area contributed by atoms with Gasteiger partial charge in [-0.3, -0.25) is 13.9 Å². The highest BCUT2D eigenvalue weighted by atomic mass is 32.2. The van der Waals surface area contributed by atoms with Crippen LogP contribution in [0.25, 0.3) is 0 Å². The van der Waals surface area contributed by atoms with Crippen LogP contribution >= 0.6 is 0 Å². The Hall–Kier alpha value is -3.72. The minimum absolute atomic E-state index is 0.0736. The first-order valence-electron chi connectivity index (χ1n) is 13.6. The third kappa shape index (κ3) is 7.91. The lowest BCUT2D eigenvalue weighted by molar-refractivity contribution is -0.139. The molecule has 0 saturated heterocycles. The third-order valence-electron chi connectivity index (χ3n) is 6.87. The molecule has 0 aliphatic rings. The molecule has 40 heavy (non-hydrogen) atoms. The molecule has 2 amide bonds. The molecule has 0 fully saturated rings. The van der Waals surface area contributed by atoms with Crippen molar-refractivity contribution in [2.24, 2.45) is 0 Å². The molecule has 3 aromatic carbocycles. The highest BCUT2D eigenvalue weighted by Crippen LogP contribution is 2.25. The predicted octanol–water partition coefficient (Wildman–Crippen LogP) is 5.09. The molecule has 1 N–H and O–H groups in total. The van der Waals surface area contributed by atoms with Gasteiger partial charge in [-0.25, -0.2) is 12.8 Å². The Bertz CT molecular complexity index is 1360. The van der Waals surface area contributed by atoms with Gasteiger partial charge < -0.3 is 10.2 Å². The number of amides is 2. The van der Waals surface area contributed by atoms with Crippen LogP contribution in [0.1, 0.15) is 44.7 Å². The summed E-state index contributed by atoms with van der Waals surface area (Å²) in [5.41, 5.74) is 2.21. The second kappa shape index (κ2) is 14.1. The summed E-state index contributed by atoms with van der Waals surface area (Å²) in [7, 11) is -4.24. The fraction of sp³-hybridized carbons (Fsp3) is 0.355. The van der Waals surface area contributed by atoms with E-state index < -0.39 is 34.3 Å². The van der Waals surface area contributed by atoms with Gasteiger partial charge in [-0.1, -0.05) is 61.9 Å². The van der Waals surface area contributed by atoms with E-state index >= 15 is 0 Å². The number of halogens is 1. The smallest absolute Gasteiger partial charge is 0.264 e. The van der Waals surface area contributed by atoms with E-state index in [0.29, 0.717) is 18.5 Å². The normalized spacial score (nSPS) is 12.8. The molecule has 0 aromatic heterocycles. The number of hydrogen-bond acceptors (Lipinski definition) is 4. The number of hydrogen-bond donors (Lipinski definition) is 1. The lowest BCUT2D eigenvalue weighted by Crippen LogP contribution is -2.54. The molecule has 0 bridgehead atoms. The number of anilines is 1. The largest absolute Gasteiger partial charge is 0.352 e. The molecule has 2 atom stereocenters. The Kier molecular flexibility index (Phi) is 10.8. The zero-order valence-corrected chi connectivity index (χ0v) is 24.3. The fourth-order valence-electron chi connectivity index (χ4n) is 4.31. The number of nitrogens with one attached hydrogen (secondary N) is 1. The second-order valence-electron chi connectivity index (χ2n) is 9.87. The van der Waals surface area contributed by atoms with Crippen LogP contribution in [0.5, 0.6) is 0 Å².